The van der Waals surface area contributed by atoms with Crippen LogP contribution in [0.5, 0.6) is 0 Å². The standard InChI is InChI=1S/C15H13ClFNO/c16-10-5-6-13(17)12(7-10)15(19)14-11-4-2-1-3-9(11)8-18-14/h1-7,14-15,18-19H,8H2. The van der Waals surface area contributed by atoms with Gasteiger partial charge in [-0.15, -0.1) is 0 Å². The Morgan fingerprint density at radius 1 is 1.26 bits per heavy atom. The Labute approximate surface area is 115 Å². The third kappa shape index (κ3) is 2.25. The van der Waals surface area contributed by atoms with E-state index < -0.39 is 11.9 Å². The first-order valence-corrected chi connectivity index (χ1v) is 6.49. The smallest absolute Gasteiger partial charge is 0.129 e. The summed E-state index contributed by atoms with van der Waals surface area (Å²) in [5, 5.41) is 14.0. The molecule has 1 aliphatic heterocycles. The molecule has 1 heterocycles. The van der Waals surface area contributed by atoms with Crippen LogP contribution in [0, 0.1) is 5.82 Å². The number of halogens is 2. The van der Waals surface area contributed by atoms with Crippen LogP contribution < -0.4 is 5.32 Å². The molecule has 3 rings (SSSR count). The largest absolute Gasteiger partial charge is 0.386 e. The van der Waals surface area contributed by atoms with Crippen molar-refractivity contribution in [1.82, 2.24) is 5.32 Å². The molecule has 19 heavy (non-hydrogen) atoms. The minimum atomic E-state index is -0.956. The molecule has 0 aromatic heterocycles. The lowest BCUT2D eigenvalue weighted by atomic mass is 9.95. The van der Waals surface area contributed by atoms with E-state index in [2.05, 4.69) is 5.32 Å². The van der Waals surface area contributed by atoms with E-state index in [0.29, 0.717) is 11.6 Å². The van der Waals surface area contributed by atoms with Gasteiger partial charge in [-0.3, -0.25) is 0 Å². The molecule has 0 saturated carbocycles. The second-order valence-corrected chi connectivity index (χ2v) is 5.10. The molecule has 4 heteroatoms. The lowest BCUT2D eigenvalue weighted by Crippen LogP contribution is -2.21. The van der Waals surface area contributed by atoms with E-state index >= 15 is 0 Å². The number of aliphatic hydroxyl groups excluding tert-OH is 1. The number of hydrogen-bond donors (Lipinski definition) is 2. The van der Waals surface area contributed by atoms with Crippen molar-refractivity contribution in [2.24, 2.45) is 0 Å². The average Bonchev–Trinajstić information content (AvgIpc) is 2.84. The maximum atomic E-state index is 13.8. The summed E-state index contributed by atoms with van der Waals surface area (Å²) in [6, 6.07) is 11.8. The van der Waals surface area contributed by atoms with Gasteiger partial charge >= 0.3 is 0 Å². The Hall–Kier alpha value is -1.42. The summed E-state index contributed by atoms with van der Waals surface area (Å²) in [6.07, 6.45) is -0.956. The molecule has 2 unspecified atom stereocenters. The molecule has 98 valence electrons. The van der Waals surface area contributed by atoms with Crippen LogP contribution in [0.4, 0.5) is 4.39 Å². The fourth-order valence-electron chi connectivity index (χ4n) is 2.53. The van der Waals surface area contributed by atoms with Gasteiger partial charge < -0.3 is 10.4 Å². The quantitative estimate of drug-likeness (QED) is 0.882. The van der Waals surface area contributed by atoms with E-state index in [0.717, 1.165) is 11.1 Å². The van der Waals surface area contributed by atoms with Crippen molar-refractivity contribution in [1.29, 1.82) is 0 Å². The number of benzene rings is 2. The Balaban J connectivity index is 1.97. The Bertz CT molecular complexity index is 617. The maximum Gasteiger partial charge on any atom is 0.129 e. The fraction of sp³-hybridized carbons (Fsp3) is 0.200. The lowest BCUT2D eigenvalue weighted by Gasteiger charge is -2.20. The molecular weight excluding hydrogens is 265 g/mol. The van der Waals surface area contributed by atoms with Crippen LogP contribution in [-0.2, 0) is 6.54 Å². The van der Waals surface area contributed by atoms with Crippen LogP contribution in [-0.4, -0.2) is 5.11 Å². The van der Waals surface area contributed by atoms with Crippen LogP contribution in [0.1, 0.15) is 28.8 Å². The van der Waals surface area contributed by atoms with E-state index in [-0.39, 0.29) is 11.6 Å². The normalized spacial score (nSPS) is 19.2. The van der Waals surface area contributed by atoms with Gasteiger partial charge in [0.15, 0.2) is 0 Å². The summed E-state index contributed by atoms with van der Waals surface area (Å²) in [7, 11) is 0. The number of hydrogen-bond acceptors (Lipinski definition) is 2. The summed E-state index contributed by atoms with van der Waals surface area (Å²) in [6.45, 7) is 0.681. The summed E-state index contributed by atoms with van der Waals surface area (Å²) in [5.41, 5.74) is 2.37. The number of fused-ring (bicyclic) bond motifs is 1. The Kier molecular flexibility index (Phi) is 3.27. The monoisotopic (exact) mass is 277 g/mol. The molecule has 2 nitrogen and oxygen atoms in total. The van der Waals surface area contributed by atoms with Gasteiger partial charge in [0.05, 0.1) is 6.04 Å². The molecule has 2 atom stereocenters. The van der Waals surface area contributed by atoms with Gasteiger partial charge in [0.1, 0.15) is 11.9 Å². The molecule has 0 aliphatic carbocycles. The predicted octanol–water partition coefficient (Wildman–Crippen LogP) is 3.36. The Morgan fingerprint density at radius 2 is 2.05 bits per heavy atom. The number of rotatable bonds is 2. The zero-order valence-electron chi connectivity index (χ0n) is 10.1. The minimum absolute atomic E-state index is 0.224. The van der Waals surface area contributed by atoms with Crippen molar-refractivity contribution in [3.63, 3.8) is 0 Å². The van der Waals surface area contributed by atoms with Gasteiger partial charge in [-0.2, -0.15) is 0 Å². The van der Waals surface area contributed by atoms with E-state index in [1.807, 2.05) is 24.3 Å². The van der Waals surface area contributed by atoms with Crippen molar-refractivity contribution >= 4 is 11.6 Å². The molecular formula is C15H13ClFNO. The zero-order chi connectivity index (χ0) is 13.4. The topological polar surface area (TPSA) is 32.3 Å². The van der Waals surface area contributed by atoms with Gasteiger partial charge in [-0.1, -0.05) is 35.9 Å². The average molecular weight is 278 g/mol. The van der Waals surface area contributed by atoms with Gasteiger partial charge in [0.25, 0.3) is 0 Å². The molecule has 0 radical (unpaired) electrons. The third-order valence-electron chi connectivity index (χ3n) is 3.50. The number of aliphatic hydroxyl groups is 1. The van der Waals surface area contributed by atoms with E-state index in [1.165, 1.54) is 18.2 Å². The molecule has 2 aromatic rings. The molecule has 0 spiro atoms. The summed E-state index contributed by atoms with van der Waals surface area (Å²) in [4.78, 5) is 0. The van der Waals surface area contributed by atoms with Crippen molar-refractivity contribution in [3.8, 4) is 0 Å². The SMILES string of the molecule is OC(c1cc(Cl)ccc1F)C1NCc2ccccc21. The van der Waals surface area contributed by atoms with Crippen LogP contribution in [0.2, 0.25) is 5.02 Å². The van der Waals surface area contributed by atoms with E-state index in [9.17, 15) is 9.50 Å². The van der Waals surface area contributed by atoms with Crippen LogP contribution in [0.15, 0.2) is 42.5 Å². The minimum Gasteiger partial charge on any atom is -0.386 e. The zero-order valence-corrected chi connectivity index (χ0v) is 10.9. The first-order chi connectivity index (χ1) is 9.16. The maximum absolute atomic E-state index is 13.8. The lowest BCUT2D eigenvalue weighted by molar-refractivity contribution is 0.129. The second-order valence-electron chi connectivity index (χ2n) is 4.67. The first-order valence-electron chi connectivity index (χ1n) is 6.11. The van der Waals surface area contributed by atoms with E-state index in [1.54, 1.807) is 0 Å². The predicted molar refractivity (Wildman–Crippen MR) is 72.4 cm³/mol. The number of nitrogens with one attached hydrogen (secondary N) is 1. The molecule has 0 saturated heterocycles. The van der Waals surface area contributed by atoms with Gasteiger partial charge in [-0.05, 0) is 29.3 Å². The summed E-state index contributed by atoms with van der Waals surface area (Å²) >= 11 is 5.87. The highest BCUT2D eigenvalue weighted by atomic mass is 35.5. The van der Waals surface area contributed by atoms with Gasteiger partial charge in [-0.25, -0.2) is 4.39 Å². The van der Waals surface area contributed by atoms with Gasteiger partial charge in [0.2, 0.25) is 0 Å². The van der Waals surface area contributed by atoms with Crippen molar-refractivity contribution in [2.45, 2.75) is 18.7 Å². The van der Waals surface area contributed by atoms with Gasteiger partial charge in [0, 0.05) is 17.1 Å². The summed E-state index contributed by atoms with van der Waals surface area (Å²) in [5.74, 6) is -0.442. The highest BCUT2D eigenvalue weighted by molar-refractivity contribution is 6.30. The fourth-order valence-corrected chi connectivity index (χ4v) is 2.71. The van der Waals surface area contributed by atoms with Crippen LogP contribution >= 0.6 is 11.6 Å². The molecule has 0 fully saturated rings. The molecule has 2 aromatic carbocycles. The highest BCUT2D eigenvalue weighted by Crippen LogP contribution is 2.36. The van der Waals surface area contributed by atoms with E-state index in [4.69, 9.17) is 11.6 Å². The van der Waals surface area contributed by atoms with Crippen LogP contribution in [0.3, 0.4) is 0 Å². The Morgan fingerprint density at radius 3 is 2.89 bits per heavy atom. The second kappa shape index (κ2) is 4.93. The summed E-state index contributed by atoms with van der Waals surface area (Å²) < 4.78 is 13.8. The van der Waals surface area contributed by atoms with Crippen molar-refractivity contribution in [3.05, 3.63) is 70.0 Å². The first kappa shape index (κ1) is 12.6. The van der Waals surface area contributed by atoms with Crippen molar-refractivity contribution in [2.75, 3.05) is 0 Å². The molecule has 1 aliphatic rings. The van der Waals surface area contributed by atoms with Crippen LogP contribution in [0.25, 0.3) is 0 Å². The van der Waals surface area contributed by atoms with Crippen molar-refractivity contribution < 1.29 is 9.50 Å². The molecule has 2 N–H and O–H groups in total. The molecule has 0 amide bonds. The highest BCUT2D eigenvalue weighted by Gasteiger charge is 2.30. The molecule has 0 bridgehead atoms. The third-order valence-corrected chi connectivity index (χ3v) is 3.73.